The summed E-state index contributed by atoms with van der Waals surface area (Å²) >= 11 is 5.95. The van der Waals surface area contributed by atoms with E-state index in [4.69, 9.17) is 11.6 Å². The second-order valence-corrected chi connectivity index (χ2v) is 7.16. The van der Waals surface area contributed by atoms with E-state index in [0.29, 0.717) is 5.15 Å². The van der Waals surface area contributed by atoms with E-state index in [0.717, 1.165) is 38.3 Å². The number of rotatable bonds is 4. The van der Waals surface area contributed by atoms with Gasteiger partial charge in [-0.25, -0.2) is 18.1 Å². The van der Waals surface area contributed by atoms with E-state index in [1.54, 1.807) is 6.20 Å². The van der Waals surface area contributed by atoms with Crippen LogP contribution in [0.3, 0.4) is 0 Å². The lowest BCUT2D eigenvalue weighted by atomic mass is 10.1. The summed E-state index contributed by atoms with van der Waals surface area (Å²) < 4.78 is 26.9. The summed E-state index contributed by atoms with van der Waals surface area (Å²) in [5.74, 6) is 0.930. The van der Waals surface area contributed by atoms with Crippen molar-refractivity contribution < 1.29 is 8.42 Å². The molecular weight excluding hydrogens is 288 g/mol. The SMILES string of the molecule is Cn1c(Cl)cnc1CN1CCC(NS(C)(=O)=O)CC1. The molecule has 0 amide bonds. The van der Waals surface area contributed by atoms with E-state index in [1.807, 2.05) is 11.6 Å². The van der Waals surface area contributed by atoms with Crippen LogP contribution in [-0.2, 0) is 23.6 Å². The highest BCUT2D eigenvalue weighted by molar-refractivity contribution is 7.88. The summed E-state index contributed by atoms with van der Waals surface area (Å²) in [5, 5.41) is 0.628. The monoisotopic (exact) mass is 306 g/mol. The van der Waals surface area contributed by atoms with Crippen LogP contribution in [0.25, 0.3) is 0 Å². The highest BCUT2D eigenvalue weighted by atomic mass is 35.5. The van der Waals surface area contributed by atoms with Crippen LogP contribution >= 0.6 is 11.6 Å². The number of hydrogen-bond acceptors (Lipinski definition) is 4. The first-order valence-corrected chi connectivity index (χ1v) is 8.48. The second-order valence-electron chi connectivity index (χ2n) is 5.00. The lowest BCUT2D eigenvalue weighted by molar-refractivity contribution is 0.194. The maximum Gasteiger partial charge on any atom is 0.208 e. The zero-order chi connectivity index (χ0) is 14.0. The van der Waals surface area contributed by atoms with Gasteiger partial charge in [0.05, 0.1) is 19.0 Å². The Hall–Kier alpha value is -0.630. The topological polar surface area (TPSA) is 67.2 Å². The summed E-state index contributed by atoms with van der Waals surface area (Å²) in [4.78, 5) is 6.53. The van der Waals surface area contributed by atoms with E-state index in [-0.39, 0.29) is 6.04 Å². The van der Waals surface area contributed by atoms with Gasteiger partial charge in [-0.1, -0.05) is 11.6 Å². The van der Waals surface area contributed by atoms with Gasteiger partial charge in [-0.3, -0.25) is 4.90 Å². The molecule has 1 N–H and O–H groups in total. The van der Waals surface area contributed by atoms with Crippen molar-refractivity contribution in [2.45, 2.75) is 25.4 Å². The highest BCUT2D eigenvalue weighted by Gasteiger charge is 2.22. The molecular formula is C11H19ClN4O2S. The van der Waals surface area contributed by atoms with Crippen molar-refractivity contribution in [2.75, 3.05) is 19.3 Å². The summed E-state index contributed by atoms with van der Waals surface area (Å²) in [6, 6.07) is 0.0520. The molecule has 0 aromatic carbocycles. The van der Waals surface area contributed by atoms with Crippen molar-refractivity contribution in [1.29, 1.82) is 0 Å². The number of piperidine rings is 1. The van der Waals surface area contributed by atoms with Crippen LogP contribution in [0.1, 0.15) is 18.7 Å². The summed E-state index contributed by atoms with van der Waals surface area (Å²) in [7, 11) is -1.21. The predicted octanol–water partition coefficient (Wildman–Crippen LogP) is 0.587. The van der Waals surface area contributed by atoms with Crippen LogP contribution < -0.4 is 4.72 Å². The molecule has 1 aliphatic heterocycles. The predicted molar refractivity (Wildman–Crippen MR) is 74.5 cm³/mol. The molecule has 1 aromatic heterocycles. The molecule has 0 unspecified atom stereocenters. The molecule has 8 heteroatoms. The van der Waals surface area contributed by atoms with Crippen LogP contribution in [0.4, 0.5) is 0 Å². The lowest BCUT2D eigenvalue weighted by Crippen LogP contribution is -2.44. The van der Waals surface area contributed by atoms with Gasteiger partial charge in [0, 0.05) is 26.2 Å². The molecule has 2 heterocycles. The second kappa shape index (κ2) is 5.78. The van der Waals surface area contributed by atoms with Crippen molar-refractivity contribution in [3.63, 3.8) is 0 Å². The zero-order valence-corrected chi connectivity index (χ0v) is 12.7. The number of nitrogens with one attached hydrogen (secondary N) is 1. The molecule has 108 valence electrons. The number of sulfonamides is 1. The molecule has 1 aromatic rings. The minimum atomic E-state index is -3.11. The third-order valence-electron chi connectivity index (χ3n) is 3.36. The van der Waals surface area contributed by atoms with E-state index in [1.165, 1.54) is 6.26 Å². The van der Waals surface area contributed by atoms with Crippen molar-refractivity contribution in [3.05, 3.63) is 17.2 Å². The third kappa shape index (κ3) is 4.17. The average Bonchev–Trinajstić information content (AvgIpc) is 2.62. The standard InChI is InChI=1S/C11H19ClN4O2S/c1-15-10(12)7-13-11(15)8-16-5-3-9(4-6-16)14-19(2,17)18/h7,9,14H,3-6,8H2,1-2H3. The van der Waals surface area contributed by atoms with Crippen LogP contribution in [0, 0.1) is 0 Å². The maximum absolute atomic E-state index is 11.2. The molecule has 0 radical (unpaired) electrons. The van der Waals surface area contributed by atoms with Crippen LogP contribution in [-0.4, -0.2) is 48.3 Å². The van der Waals surface area contributed by atoms with Crippen LogP contribution in [0.2, 0.25) is 5.15 Å². The van der Waals surface area contributed by atoms with Gasteiger partial charge in [-0.2, -0.15) is 0 Å². The summed E-state index contributed by atoms with van der Waals surface area (Å²) in [5.41, 5.74) is 0. The molecule has 6 nitrogen and oxygen atoms in total. The van der Waals surface area contributed by atoms with Gasteiger partial charge >= 0.3 is 0 Å². The Morgan fingerprint density at radius 2 is 2.11 bits per heavy atom. The van der Waals surface area contributed by atoms with Crippen molar-refractivity contribution in [1.82, 2.24) is 19.2 Å². The van der Waals surface area contributed by atoms with Crippen molar-refractivity contribution in [3.8, 4) is 0 Å². The van der Waals surface area contributed by atoms with Crippen molar-refractivity contribution in [2.24, 2.45) is 7.05 Å². The van der Waals surface area contributed by atoms with Gasteiger partial charge in [-0.05, 0) is 12.8 Å². The van der Waals surface area contributed by atoms with Crippen molar-refractivity contribution >= 4 is 21.6 Å². The number of aromatic nitrogens is 2. The molecule has 1 fully saturated rings. The highest BCUT2D eigenvalue weighted by Crippen LogP contribution is 2.15. The first kappa shape index (κ1) is 14.8. The fraction of sp³-hybridized carbons (Fsp3) is 0.727. The Kier molecular flexibility index (Phi) is 4.50. The number of halogens is 1. The molecule has 0 spiro atoms. The zero-order valence-electron chi connectivity index (χ0n) is 11.1. The fourth-order valence-corrected chi connectivity index (χ4v) is 3.27. The first-order valence-electron chi connectivity index (χ1n) is 6.21. The van der Waals surface area contributed by atoms with Crippen LogP contribution in [0.5, 0.6) is 0 Å². The summed E-state index contributed by atoms with van der Waals surface area (Å²) in [6.07, 6.45) is 4.50. The van der Waals surface area contributed by atoms with Crippen LogP contribution in [0.15, 0.2) is 6.20 Å². The molecule has 19 heavy (non-hydrogen) atoms. The van der Waals surface area contributed by atoms with Gasteiger partial charge in [0.1, 0.15) is 11.0 Å². The van der Waals surface area contributed by atoms with Gasteiger partial charge in [0.2, 0.25) is 10.0 Å². The molecule has 0 saturated carbocycles. The third-order valence-corrected chi connectivity index (χ3v) is 4.47. The Morgan fingerprint density at radius 1 is 1.47 bits per heavy atom. The maximum atomic E-state index is 11.2. The van der Waals surface area contributed by atoms with Gasteiger partial charge < -0.3 is 4.57 Å². The van der Waals surface area contributed by atoms with Gasteiger partial charge in [0.25, 0.3) is 0 Å². The quantitative estimate of drug-likeness (QED) is 0.884. The molecule has 1 saturated heterocycles. The normalized spacial score (nSPS) is 18.9. The van der Waals surface area contributed by atoms with E-state index in [2.05, 4.69) is 14.6 Å². The largest absolute Gasteiger partial charge is 0.321 e. The minimum absolute atomic E-state index is 0.0520. The molecule has 0 aliphatic carbocycles. The molecule has 2 rings (SSSR count). The molecule has 0 bridgehead atoms. The minimum Gasteiger partial charge on any atom is -0.321 e. The Labute approximate surface area is 118 Å². The summed E-state index contributed by atoms with van der Waals surface area (Å²) in [6.45, 7) is 2.46. The van der Waals surface area contributed by atoms with Gasteiger partial charge in [-0.15, -0.1) is 0 Å². The fourth-order valence-electron chi connectivity index (χ4n) is 2.28. The van der Waals surface area contributed by atoms with E-state index < -0.39 is 10.0 Å². The number of imidazole rings is 1. The first-order chi connectivity index (χ1) is 8.85. The molecule has 1 aliphatic rings. The van der Waals surface area contributed by atoms with E-state index in [9.17, 15) is 8.42 Å². The molecule has 0 atom stereocenters. The van der Waals surface area contributed by atoms with E-state index >= 15 is 0 Å². The Morgan fingerprint density at radius 3 is 2.58 bits per heavy atom. The number of hydrogen-bond donors (Lipinski definition) is 1. The number of nitrogens with zero attached hydrogens (tertiary/aromatic N) is 3. The average molecular weight is 307 g/mol. The van der Waals surface area contributed by atoms with Gasteiger partial charge in [0.15, 0.2) is 0 Å². The Bertz CT molecular complexity index is 535. The lowest BCUT2D eigenvalue weighted by Gasteiger charge is -2.31. The number of likely N-dealkylation sites (tertiary alicyclic amines) is 1. The smallest absolute Gasteiger partial charge is 0.208 e. The Balaban J connectivity index is 1.85.